The van der Waals surface area contributed by atoms with E-state index in [1.807, 2.05) is 60.7 Å². The molecule has 124 valence electrons. The van der Waals surface area contributed by atoms with E-state index < -0.39 is 0 Å². The first-order valence-electron chi connectivity index (χ1n) is 8.20. The summed E-state index contributed by atoms with van der Waals surface area (Å²) in [4.78, 5) is 16.7. The molecule has 0 N–H and O–H groups in total. The van der Waals surface area contributed by atoms with Crippen LogP contribution in [0.5, 0.6) is 0 Å². The number of anilines is 1. The Hall–Kier alpha value is -2.71. The number of hydrogen-bond donors (Lipinski definition) is 0. The normalized spacial score (nSPS) is 20.3. The van der Waals surface area contributed by atoms with Crippen molar-refractivity contribution in [2.45, 2.75) is 12.3 Å². The second-order valence-electron chi connectivity index (χ2n) is 6.11. The molecule has 2 heterocycles. The lowest BCUT2D eigenvalue weighted by Gasteiger charge is -2.42. The smallest absolute Gasteiger partial charge is 0.229 e. The van der Waals surface area contributed by atoms with E-state index in [0.29, 0.717) is 18.7 Å². The number of nitriles is 1. The molecule has 5 heteroatoms. The monoisotopic (exact) mass is 347 g/mol. The minimum Gasteiger partial charge on any atom is -0.344 e. The average molecular weight is 347 g/mol. The zero-order valence-electron chi connectivity index (χ0n) is 13.6. The first-order chi connectivity index (χ1) is 12.3. The average Bonchev–Trinajstić information content (AvgIpc) is 2.69. The summed E-state index contributed by atoms with van der Waals surface area (Å²) in [5, 5.41) is 10.6. The van der Waals surface area contributed by atoms with E-state index in [1.165, 1.54) is 0 Å². The highest BCUT2D eigenvalue weighted by Gasteiger charge is 2.38. The maximum absolute atomic E-state index is 12.8. The van der Waals surface area contributed by atoms with Crippen LogP contribution in [0, 0.1) is 11.3 Å². The molecule has 1 amide bonds. The van der Waals surface area contributed by atoms with Crippen LogP contribution >= 0.6 is 11.8 Å². The predicted molar refractivity (Wildman–Crippen MR) is 99.5 cm³/mol. The van der Waals surface area contributed by atoms with Crippen molar-refractivity contribution < 1.29 is 4.79 Å². The van der Waals surface area contributed by atoms with E-state index in [1.54, 1.807) is 16.7 Å². The molecule has 0 radical (unpaired) electrons. The molecule has 1 atom stereocenters. The van der Waals surface area contributed by atoms with Gasteiger partial charge in [0.05, 0.1) is 29.2 Å². The highest BCUT2D eigenvalue weighted by Crippen LogP contribution is 2.43. The van der Waals surface area contributed by atoms with Crippen LogP contribution in [0.25, 0.3) is 0 Å². The summed E-state index contributed by atoms with van der Waals surface area (Å²) in [5.41, 5.74) is 2.83. The van der Waals surface area contributed by atoms with Gasteiger partial charge in [0, 0.05) is 18.0 Å². The Labute approximate surface area is 151 Å². The van der Waals surface area contributed by atoms with Crippen LogP contribution in [0.3, 0.4) is 0 Å². The SMILES string of the molecule is N#CC1=C2SCN(c3ccccc3)CN2C(=O)C[C@@H]1c1ccccc1. The maximum atomic E-state index is 12.8. The van der Waals surface area contributed by atoms with Crippen LogP contribution in [-0.4, -0.2) is 23.4 Å². The van der Waals surface area contributed by atoms with Crippen molar-refractivity contribution in [2.75, 3.05) is 17.4 Å². The number of allylic oxidation sites excluding steroid dienone is 1. The summed E-state index contributed by atoms with van der Waals surface area (Å²) in [6.07, 6.45) is 0.347. The van der Waals surface area contributed by atoms with Crippen molar-refractivity contribution in [1.82, 2.24) is 4.90 Å². The van der Waals surface area contributed by atoms with E-state index in [-0.39, 0.29) is 11.8 Å². The van der Waals surface area contributed by atoms with E-state index >= 15 is 0 Å². The zero-order chi connectivity index (χ0) is 17.2. The van der Waals surface area contributed by atoms with Gasteiger partial charge in [-0.2, -0.15) is 5.26 Å². The predicted octanol–water partition coefficient (Wildman–Crippen LogP) is 3.91. The van der Waals surface area contributed by atoms with Gasteiger partial charge >= 0.3 is 0 Å². The molecule has 1 fully saturated rings. The largest absolute Gasteiger partial charge is 0.344 e. The standard InChI is InChI=1S/C20H17N3OS/c21-12-18-17(15-7-3-1-4-8-15)11-19(24)23-13-22(14-25-20(18)23)16-9-5-2-6-10-16/h1-10,17H,11,13-14H2/t17-/m1/s1. The Bertz CT molecular complexity index is 858. The van der Waals surface area contributed by atoms with Crippen molar-refractivity contribution in [3.8, 4) is 6.07 Å². The molecule has 0 spiro atoms. The molecule has 2 aromatic rings. The minimum atomic E-state index is -0.138. The number of hydrogen-bond acceptors (Lipinski definition) is 4. The van der Waals surface area contributed by atoms with Crippen molar-refractivity contribution in [3.63, 3.8) is 0 Å². The number of benzene rings is 2. The fourth-order valence-corrected chi connectivity index (χ4v) is 4.50. The van der Waals surface area contributed by atoms with Crippen LogP contribution < -0.4 is 4.90 Å². The molecule has 0 aliphatic carbocycles. The van der Waals surface area contributed by atoms with Gasteiger partial charge in [0.2, 0.25) is 5.91 Å². The molecular weight excluding hydrogens is 330 g/mol. The molecule has 4 rings (SSSR count). The first kappa shape index (κ1) is 15.8. The summed E-state index contributed by atoms with van der Waals surface area (Å²) >= 11 is 1.57. The fraction of sp³-hybridized carbons (Fsp3) is 0.200. The lowest BCUT2D eigenvalue weighted by Crippen LogP contribution is -2.47. The maximum Gasteiger partial charge on any atom is 0.229 e. The highest BCUT2D eigenvalue weighted by atomic mass is 32.2. The second-order valence-corrected chi connectivity index (χ2v) is 7.04. The van der Waals surface area contributed by atoms with E-state index in [4.69, 9.17) is 0 Å². The minimum absolute atomic E-state index is 0.0796. The molecular formula is C20H17N3OS. The van der Waals surface area contributed by atoms with Crippen molar-refractivity contribution in [3.05, 3.63) is 76.8 Å². The Balaban J connectivity index is 1.68. The summed E-state index contributed by atoms with van der Waals surface area (Å²) in [6, 6.07) is 22.3. The zero-order valence-corrected chi connectivity index (χ0v) is 14.4. The van der Waals surface area contributed by atoms with E-state index in [9.17, 15) is 10.1 Å². The first-order valence-corrected chi connectivity index (χ1v) is 9.19. The van der Waals surface area contributed by atoms with E-state index in [0.717, 1.165) is 22.2 Å². The molecule has 2 aliphatic heterocycles. The lowest BCUT2D eigenvalue weighted by atomic mass is 9.86. The molecule has 0 unspecified atom stereocenters. The third-order valence-electron chi connectivity index (χ3n) is 4.62. The highest BCUT2D eigenvalue weighted by molar-refractivity contribution is 8.03. The second kappa shape index (κ2) is 6.66. The van der Waals surface area contributed by atoms with Gasteiger partial charge in [0.1, 0.15) is 0 Å². The number of carbonyl (C=O) groups is 1. The van der Waals surface area contributed by atoms with Gasteiger partial charge in [-0.15, -0.1) is 0 Å². The number of thioether (sulfide) groups is 1. The Kier molecular flexibility index (Phi) is 4.21. The lowest BCUT2D eigenvalue weighted by molar-refractivity contribution is -0.129. The molecule has 0 saturated carbocycles. The van der Waals surface area contributed by atoms with Gasteiger partial charge in [0.25, 0.3) is 0 Å². The van der Waals surface area contributed by atoms with Gasteiger partial charge in [-0.25, -0.2) is 0 Å². The van der Waals surface area contributed by atoms with Crippen molar-refractivity contribution in [2.24, 2.45) is 0 Å². The summed E-state index contributed by atoms with van der Waals surface area (Å²) in [5.74, 6) is 0.673. The van der Waals surface area contributed by atoms with Gasteiger partial charge in [-0.1, -0.05) is 60.3 Å². The molecule has 0 aromatic heterocycles. The molecule has 1 saturated heterocycles. The quantitative estimate of drug-likeness (QED) is 0.826. The van der Waals surface area contributed by atoms with Gasteiger partial charge in [-0.3, -0.25) is 9.69 Å². The molecule has 2 aromatic carbocycles. The van der Waals surface area contributed by atoms with Gasteiger partial charge < -0.3 is 4.90 Å². The number of nitrogens with zero attached hydrogens (tertiary/aromatic N) is 3. The van der Waals surface area contributed by atoms with Crippen molar-refractivity contribution >= 4 is 23.4 Å². The number of para-hydroxylation sites is 1. The van der Waals surface area contributed by atoms with Crippen LogP contribution in [0.2, 0.25) is 0 Å². The van der Waals surface area contributed by atoms with Crippen LogP contribution in [0.15, 0.2) is 71.3 Å². The van der Waals surface area contributed by atoms with Crippen LogP contribution in [0.4, 0.5) is 5.69 Å². The number of carbonyl (C=O) groups excluding carboxylic acids is 1. The van der Waals surface area contributed by atoms with Crippen LogP contribution in [0.1, 0.15) is 17.9 Å². The third kappa shape index (κ3) is 2.90. The van der Waals surface area contributed by atoms with Crippen LogP contribution in [-0.2, 0) is 4.79 Å². The fourth-order valence-electron chi connectivity index (χ4n) is 3.33. The molecule has 4 nitrogen and oxygen atoms in total. The van der Waals surface area contributed by atoms with E-state index in [2.05, 4.69) is 11.0 Å². The van der Waals surface area contributed by atoms with Gasteiger partial charge in [0.15, 0.2) is 0 Å². The Morgan fingerprint density at radius 1 is 1.04 bits per heavy atom. The summed E-state index contributed by atoms with van der Waals surface area (Å²) < 4.78 is 0. The van der Waals surface area contributed by atoms with Crippen molar-refractivity contribution in [1.29, 1.82) is 5.26 Å². The molecule has 0 bridgehead atoms. The molecule has 25 heavy (non-hydrogen) atoms. The Morgan fingerprint density at radius 2 is 1.72 bits per heavy atom. The van der Waals surface area contributed by atoms with Gasteiger partial charge in [-0.05, 0) is 17.7 Å². The third-order valence-corrected chi connectivity index (χ3v) is 5.77. The Morgan fingerprint density at radius 3 is 2.40 bits per heavy atom. The summed E-state index contributed by atoms with van der Waals surface area (Å²) in [6.45, 7) is 0.498. The number of amides is 1. The number of fused-ring (bicyclic) bond motifs is 1. The summed E-state index contributed by atoms with van der Waals surface area (Å²) in [7, 11) is 0. The topological polar surface area (TPSA) is 47.3 Å². The number of rotatable bonds is 2. The molecule has 2 aliphatic rings.